The summed E-state index contributed by atoms with van der Waals surface area (Å²) in [4.78, 5) is 57.7. The molecule has 0 aliphatic heterocycles. The lowest BCUT2D eigenvalue weighted by molar-refractivity contribution is -0.787. The zero-order valence-electron chi connectivity index (χ0n) is 21.2. The van der Waals surface area contributed by atoms with E-state index >= 15 is 0 Å². The Morgan fingerprint density at radius 2 is 1.83 bits per heavy atom. The molecule has 0 spiro atoms. The van der Waals surface area contributed by atoms with Crippen LogP contribution in [-0.2, 0) is 24.0 Å². The molecule has 4 aliphatic rings. The maximum Gasteiger partial charge on any atom is 0.309 e. The van der Waals surface area contributed by atoms with Crippen molar-refractivity contribution >= 4 is 11.8 Å². The van der Waals surface area contributed by atoms with Gasteiger partial charge in [-0.25, -0.2) is 0 Å². The van der Waals surface area contributed by atoms with Gasteiger partial charge in [-0.1, -0.05) is 19.4 Å². The maximum atomic E-state index is 13.3. The summed E-state index contributed by atoms with van der Waals surface area (Å²) < 4.78 is 5.50. The largest absolute Gasteiger partial charge is 0.466 e. The summed E-state index contributed by atoms with van der Waals surface area (Å²) in [6, 6.07) is 0. The number of rotatable bonds is 9. The van der Waals surface area contributed by atoms with Crippen LogP contribution < -0.4 is 0 Å². The fraction of sp³-hybridized carbons (Fsp3) is 0.840. The Labute approximate surface area is 210 Å². The molecule has 3 fully saturated rings. The molecule has 3 saturated carbocycles. The minimum Gasteiger partial charge on any atom is -0.466 e. The molecule has 4 rings (SSSR count). The number of esters is 1. The first-order valence-electron chi connectivity index (χ1n) is 13.0. The van der Waals surface area contributed by atoms with Crippen LogP contribution in [0.3, 0.4) is 0 Å². The van der Waals surface area contributed by atoms with Gasteiger partial charge in [-0.05, 0) is 87.5 Å². The van der Waals surface area contributed by atoms with Crippen LogP contribution in [0.25, 0.3) is 0 Å². The first-order valence-corrected chi connectivity index (χ1v) is 13.0. The Morgan fingerprint density at radius 1 is 1.11 bits per heavy atom. The second kappa shape index (κ2) is 9.63. The molecule has 4 aliphatic carbocycles. The predicted octanol–water partition coefficient (Wildman–Crippen LogP) is 4.24. The highest BCUT2D eigenvalue weighted by Gasteiger charge is 2.68. The van der Waals surface area contributed by atoms with Gasteiger partial charge in [0, 0.05) is 11.8 Å². The fourth-order valence-electron chi connectivity index (χ4n) is 8.39. The van der Waals surface area contributed by atoms with Crippen LogP contribution in [0.5, 0.6) is 0 Å². The van der Waals surface area contributed by atoms with E-state index in [-0.39, 0.29) is 61.0 Å². The maximum absolute atomic E-state index is 13.3. The van der Waals surface area contributed by atoms with Crippen molar-refractivity contribution < 1.29 is 34.2 Å². The summed E-state index contributed by atoms with van der Waals surface area (Å²) in [6.45, 7) is 6.11. The lowest BCUT2D eigenvalue weighted by Crippen LogP contribution is -2.59. The van der Waals surface area contributed by atoms with E-state index in [0.717, 1.165) is 18.4 Å². The fourth-order valence-corrected chi connectivity index (χ4v) is 8.39. The zero-order chi connectivity index (χ0) is 26.3. The Kier molecular flexibility index (Phi) is 7.04. The second-order valence-corrected chi connectivity index (χ2v) is 11.4. The average Bonchev–Trinajstić information content (AvgIpc) is 3.08. The molecule has 0 N–H and O–H groups in total. The van der Waals surface area contributed by atoms with E-state index in [4.69, 9.17) is 9.57 Å². The van der Waals surface area contributed by atoms with E-state index in [1.165, 1.54) is 0 Å². The van der Waals surface area contributed by atoms with Crippen LogP contribution in [0.15, 0.2) is 11.6 Å². The first-order chi connectivity index (χ1) is 17.0. The molecule has 11 nitrogen and oxygen atoms in total. The van der Waals surface area contributed by atoms with Crippen molar-refractivity contribution in [1.29, 1.82) is 0 Å². The molecule has 0 saturated heterocycles. The number of ketones is 1. The molecule has 0 unspecified atom stereocenters. The van der Waals surface area contributed by atoms with E-state index in [0.29, 0.717) is 32.1 Å². The van der Waals surface area contributed by atoms with Crippen LogP contribution >= 0.6 is 0 Å². The van der Waals surface area contributed by atoms with Gasteiger partial charge < -0.3 is 14.4 Å². The zero-order valence-corrected chi connectivity index (χ0v) is 21.2. The standard InChI is InChI=1S/C25H36N2O9/c1-4-34-22(29)18-15-16-14-17(28)6-10-23(16,2)19-7-11-24(3)20(21(18)19)8-12-25(24,36-27(32)33)9-5-13-35-26(30)31/h14,18-21H,4-13,15H2,1-3H3/t18-,19+,20+,21-,23+,24+,25+/m1/s1. The Morgan fingerprint density at radius 3 is 2.50 bits per heavy atom. The molecule has 200 valence electrons. The smallest absolute Gasteiger partial charge is 0.309 e. The van der Waals surface area contributed by atoms with E-state index in [2.05, 4.69) is 11.8 Å². The van der Waals surface area contributed by atoms with Crippen molar-refractivity contribution in [2.75, 3.05) is 13.2 Å². The van der Waals surface area contributed by atoms with Crippen LogP contribution in [0.1, 0.15) is 78.6 Å². The number of carbonyl (C=O) groups is 2. The molecule has 36 heavy (non-hydrogen) atoms. The molecule has 11 heteroatoms. The van der Waals surface area contributed by atoms with Crippen LogP contribution in [0.4, 0.5) is 0 Å². The van der Waals surface area contributed by atoms with Crippen molar-refractivity contribution in [1.82, 2.24) is 0 Å². The van der Waals surface area contributed by atoms with Gasteiger partial charge >= 0.3 is 5.97 Å². The number of hydrogen-bond donors (Lipinski definition) is 0. The molecule has 0 amide bonds. The summed E-state index contributed by atoms with van der Waals surface area (Å²) in [5.74, 6) is -0.509. The molecule has 0 bridgehead atoms. The highest BCUT2D eigenvalue weighted by atomic mass is 17.0. The molecule has 0 radical (unpaired) electrons. The number of hydrogen-bond acceptors (Lipinski definition) is 9. The summed E-state index contributed by atoms with van der Waals surface area (Å²) >= 11 is 0. The number of carbonyl (C=O) groups excluding carboxylic acids is 2. The van der Waals surface area contributed by atoms with E-state index < -0.39 is 27.1 Å². The van der Waals surface area contributed by atoms with Gasteiger partial charge in [0.1, 0.15) is 5.60 Å². The van der Waals surface area contributed by atoms with Crippen molar-refractivity contribution in [2.24, 2.45) is 34.5 Å². The third kappa shape index (κ3) is 4.24. The summed E-state index contributed by atoms with van der Waals surface area (Å²) in [5.41, 5.74) is -0.866. The minimum absolute atomic E-state index is 0.0157. The monoisotopic (exact) mass is 508 g/mol. The molecule has 0 aromatic rings. The molecule has 0 aromatic heterocycles. The highest BCUT2D eigenvalue weighted by molar-refractivity contribution is 5.92. The topological polar surface area (TPSA) is 148 Å². The van der Waals surface area contributed by atoms with Gasteiger partial charge in [-0.3, -0.25) is 9.59 Å². The molecule has 0 aromatic carbocycles. The van der Waals surface area contributed by atoms with Crippen molar-refractivity contribution in [3.63, 3.8) is 0 Å². The van der Waals surface area contributed by atoms with Gasteiger partial charge in [0.15, 0.2) is 5.78 Å². The molecule has 7 atom stereocenters. The Hall–Kier alpha value is -2.72. The molecular weight excluding hydrogens is 472 g/mol. The van der Waals surface area contributed by atoms with Gasteiger partial charge in [0.25, 0.3) is 10.2 Å². The summed E-state index contributed by atoms with van der Waals surface area (Å²) in [5, 5.41) is 20.6. The van der Waals surface area contributed by atoms with E-state index in [1.54, 1.807) is 13.0 Å². The average molecular weight is 509 g/mol. The third-order valence-electron chi connectivity index (χ3n) is 10.1. The van der Waals surface area contributed by atoms with Gasteiger partial charge in [-0.2, -0.15) is 0 Å². The van der Waals surface area contributed by atoms with Gasteiger partial charge in [-0.15, -0.1) is 20.2 Å². The first kappa shape index (κ1) is 26.3. The van der Waals surface area contributed by atoms with Crippen molar-refractivity contribution in [2.45, 2.75) is 84.2 Å². The minimum atomic E-state index is -1.11. The van der Waals surface area contributed by atoms with E-state index in [1.807, 2.05) is 6.92 Å². The van der Waals surface area contributed by atoms with Crippen LogP contribution in [0, 0.1) is 54.7 Å². The summed E-state index contributed by atoms with van der Waals surface area (Å²) in [7, 11) is 0. The Bertz CT molecular complexity index is 967. The van der Waals surface area contributed by atoms with Crippen LogP contribution in [0.2, 0.25) is 0 Å². The van der Waals surface area contributed by atoms with Crippen molar-refractivity contribution in [3.8, 4) is 0 Å². The number of nitrogens with zero attached hydrogens (tertiary/aromatic N) is 2. The number of allylic oxidation sites excluding steroid dienone is 1. The Balaban J connectivity index is 1.70. The lowest BCUT2D eigenvalue weighted by atomic mass is 9.44. The third-order valence-corrected chi connectivity index (χ3v) is 10.1. The molecular formula is C25H36N2O9. The quantitative estimate of drug-likeness (QED) is 0.193. The van der Waals surface area contributed by atoms with Gasteiger partial charge in [0.2, 0.25) is 0 Å². The van der Waals surface area contributed by atoms with E-state index in [9.17, 15) is 29.8 Å². The van der Waals surface area contributed by atoms with Crippen LogP contribution in [-0.4, -0.2) is 40.7 Å². The van der Waals surface area contributed by atoms with Crippen molar-refractivity contribution in [3.05, 3.63) is 31.9 Å². The number of ether oxygens (including phenoxy) is 1. The lowest BCUT2D eigenvalue weighted by Gasteiger charge is -2.61. The second-order valence-electron chi connectivity index (χ2n) is 11.4. The SMILES string of the molecule is CCOC(=O)[C@@H]1CC2=CC(=O)CC[C@]2(C)[C@H]2CC[C@@]3(C)[C@@H](CC[C@]3(CCCO[N+](=O)[O-])O[N+](=O)[O-])[C@H]12. The number of fused-ring (bicyclic) bond motifs is 5. The summed E-state index contributed by atoms with van der Waals surface area (Å²) in [6.07, 6.45) is 6.46. The predicted molar refractivity (Wildman–Crippen MR) is 125 cm³/mol. The molecule has 0 heterocycles. The normalized spacial score (nSPS) is 39.2. The van der Waals surface area contributed by atoms with Gasteiger partial charge in [0.05, 0.1) is 19.1 Å². The highest BCUT2D eigenvalue weighted by Crippen LogP contribution is 2.70.